The van der Waals surface area contributed by atoms with Crippen LogP contribution >= 0.6 is 24.2 Å². The summed E-state index contributed by atoms with van der Waals surface area (Å²) in [5.41, 5.74) is 1.61. The molecule has 7 heteroatoms. The molecule has 1 aromatic rings. The van der Waals surface area contributed by atoms with Crippen LogP contribution in [0.2, 0.25) is 0 Å². The zero-order valence-corrected chi connectivity index (χ0v) is 13.8. The van der Waals surface area contributed by atoms with Gasteiger partial charge in [-0.25, -0.2) is 0 Å². The van der Waals surface area contributed by atoms with Crippen molar-refractivity contribution in [2.45, 2.75) is 25.3 Å². The van der Waals surface area contributed by atoms with Crippen LogP contribution < -0.4 is 15.5 Å². The highest BCUT2D eigenvalue weighted by atomic mass is 35.5. The lowest BCUT2D eigenvalue weighted by Crippen LogP contribution is -2.37. The Balaban J connectivity index is 0.00000176. The zero-order chi connectivity index (χ0) is 14.7. The van der Waals surface area contributed by atoms with Crippen molar-refractivity contribution in [3.05, 3.63) is 24.3 Å². The third kappa shape index (κ3) is 3.94. The van der Waals surface area contributed by atoms with Gasteiger partial charge < -0.3 is 10.2 Å². The Hall–Kier alpha value is -1.24. The molecule has 0 saturated carbocycles. The topological polar surface area (TPSA) is 61.4 Å². The molecule has 2 aliphatic rings. The van der Waals surface area contributed by atoms with Crippen LogP contribution in [0.25, 0.3) is 0 Å². The van der Waals surface area contributed by atoms with Gasteiger partial charge in [-0.2, -0.15) is 0 Å². The number of hydrogen-bond donors (Lipinski definition) is 2. The second-order valence-corrected chi connectivity index (χ2v) is 6.34. The average molecular weight is 342 g/mol. The first kappa shape index (κ1) is 17.1. The van der Waals surface area contributed by atoms with Gasteiger partial charge in [0.1, 0.15) is 0 Å². The van der Waals surface area contributed by atoms with Gasteiger partial charge in [-0.3, -0.25) is 14.9 Å². The molecule has 5 nitrogen and oxygen atoms in total. The Kier molecular flexibility index (Phi) is 6.11. The summed E-state index contributed by atoms with van der Waals surface area (Å²) < 4.78 is 0. The number of hydrogen-bond acceptors (Lipinski definition) is 4. The first-order valence-corrected chi connectivity index (χ1v) is 8.42. The van der Waals surface area contributed by atoms with Gasteiger partial charge in [0.05, 0.1) is 6.04 Å². The van der Waals surface area contributed by atoms with Crippen LogP contribution in [0.3, 0.4) is 0 Å². The van der Waals surface area contributed by atoms with Gasteiger partial charge >= 0.3 is 0 Å². The predicted octanol–water partition coefficient (Wildman–Crippen LogP) is 2.23. The lowest BCUT2D eigenvalue weighted by molar-refractivity contribution is -0.119. The Morgan fingerprint density at radius 3 is 2.95 bits per heavy atom. The number of nitrogens with zero attached hydrogens (tertiary/aromatic N) is 1. The maximum Gasteiger partial charge on any atom is 0.242 e. The molecule has 0 aromatic heterocycles. The number of thioether (sulfide) groups is 1. The molecule has 2 fully saturated rings. The number of anilines is 2. The van der Waals surface area contributed by atoms with Crippen LogP contribution in [0.15, 0.2) is 24.3 Å². The van der Waals surface area contributed by atoms with E-state index >= 15 is 0 Å². The quantitative estimate of drug-likeness (QED) is 0.885. The normalized spacial score (nSPS) is 21.4. The number of carbonyl (C=O) groups is 2. The molecule has 1 aromatic carbocycles. The summed E-state index contributed by atoms with van der Waals surface area (Å²) >= 11 is 1.72. The molecule has 2 N–H and O–H groups in total. The highest BCUT2D eigenvalue weighted by Crippen LogP contribution is 2.24. The van der Waals surface area contributed by atoms with E-state index in [2.05, 4.69) is 10.6 Å². The maximum absolute atomic E-state index is 12.1. The van der Waals surface area contributed by atoms with Crippen molar-refractivity contribution < 1.29 is 9.59 Å². The fourth-order valence-corrected chi connectivity index (χ4v) is 3.57. The molecule has 2 heterocycles. The van der Waals surface area contributed by atoms with Gasteiger partial charge in [0.15, 0.2) is 0 Å². The number of nitrogens with one attached hydrogen (secondary N) is 2. The summed E-state index contributed by atoms with van der Waals surface area (Å²) in [6, 6.07) is 7.41. The minimum Gasteiger partial charge on any atom is -0.325 e. The zero-order valence-electron chi connectivity index (χ0n) is 12.2. The Bertz CT molecular complexity index is 549. The number of halogens is 1. The van der Waals surface area contributed by atoms with Gasteiger partial charge in [-0.05, 0) is 31.0 Å². The van der Waals surface area contributed by atoms with E-state index in [9.17, 15) is 9.59 Å². The second kappa shape index (κ2) is 7.85. The molecule has 0 spiro atoms. The Morgan fingerprint density at radius 1 is 1.36 bits per heavy atom. The molecule has 22 heavy (non-hydrogen) atoms. The monoisotopic (exact) mass is 341 g/mol. The number of piperidine rings is 1. The van der Waals surface area contributed by atoms with Gasteiger partial charge in [-0.15, -0.1) is 24.2 Å². The van der Waals surface area contributed by atoms with E-state index < -0.39 is 0 Å². The van der Waals surface area contributed by atoms with Crippen LogP contribution in [-0.4, -0.2) is 36.0 Å². The number of benzene rings is 1. The molecule has 1 atom stereocenters. The van der Waals surface area contributed by atoms with Crippen molar-refractivity contribution >= 4 is 47.4 Å². The predicted molar refractivity (Wildman–Crippen MR) is 92.8 cm³/mol. The van der Waals surface area contributed by atoms with Gasteiger partial charge in [-0.1, -0.05) is 6.07 Å². The fourth-order valence-electron chi connectivity index (χ4n) is 2.62. The van der Waals surface area contributed by atoms with Crippen molar-refractivity contribution in [1.29, 1.82) is 0 Å². The van der Waals surface area contributed by atoms with E-state index in [1.807, 2.05) is 29.2 Å². The Labute approximate surface area is 140 Å². The standard InChI is InChI=1S/C15H19N3O2S.ClH/c19-14-6-1-2-7-18(14)12-5-3-4-11(8-12)17-15(20)13-9-21-10-16-13;/h3-5,8,13,16H,1-2,6-7,9-10H2,(H,17,20);1H. The van der Waals surface area contributed by atoms with E-state index in [-0.39, 0.29) is 30.3 Å². The van der Waals surface area contributed by atoms with Crippen LogP contribution in [0.1, 0.15) is 19.3 Å². The summed E-state index contributed by atoms with van der Waals surface area (Å²) in [6.45, 7) is 0.761. The lowest BCUT2D eigenvalue weighted by atomic mass is 10.1. The second-order valence-electron chi connectivity index (χ2n) is 5.31. The number of amides is 2. The molecular formula is C15H20ClN3O2S. The van der Waals surface area contributed by atoms with Crippen molar-refractivity contribution in [2.24, 2.45) is 0 Å². The molecular weight excluding hydrogens is 322 g/mol. The molecule has 1 unspecified atom stereocenters. The van der Waals surface area contributed by atoms with E-state index in [0.29, 0.717) is 6.42 Å². The average Bonchev–Trinajstić information content (AvgIpc) is 3.02. The van der Waals surface area contributed by atoms with Crippen molar-refractivity contribution in [2.75, 3.05) is 28.4 Å². The minimum absolute atomic E-state index is 0. The van der Waals surface area contributed by atoms with E-state index in [1.165, 1.54) is 0 Å². The first-order chi connectivity index (χ1) is 10.2. The first-order valence-electron chi connectivity index (χ1n) is 7.26. The summed E-state index contributed by atoms with van der Waals surface area (Å²) in [5, 5.41) is 6.07. The third-order valence-electron chi connectivity index (χ3n) is 3.78. The highest BCUT2D eigenvalue weighted by Gasteiger charge is 2.23. The van der Waals surface area contributed by atoms with Crippen LogP contribution in [0, 0.1) is 0 Å². The fraction of sp³-hybridized carbons (Fsp3) is 0.467. The molecule has 3 rings (SSSR count). The third-order valence-corrected chi connectivity index (χ3v) is 4.72. The van der Waals surface area contributed by atoms with Gasteiger partial charge in [0.2, 0.25) is 11.8 Å². The number of carbonyl (C=O) groups excluding carboxylic acids is 2. The largest absolute Gasteiger partial charge is 0.325 e. The van der Waals surface area contributed by atoms with E-state index in [1.54, 1.807) is 11.8 Å². The summed E-state index contributed by atoms with van der Waals surface area (Å²) in [6.07, 6.45) is 2.61. The molecule has 2 amide bonds. The van der Waals surface area contributed by atoms with Crippen LogP contribution in [0.4, 0.5) is 11.4 Å². The van der Waals surface area contributed by atoms with Crippen molar-refractivity contribution in [3.63, 3.8) is 0 Å². The van der Waals surface area contributed by atoms with Gasteiger partial charge in [0, 0.05) is 36.0 Å². The molecule has 2 saturated heterocycles. The molecule has 120 valence electrons. The van der Waals surface area contributed by atoms with Crippen LogP contribution in [-0.2, 0) is 9.59 Å². The smallest absolute Gasteiger partial charge is 0.242 e. The van der Waals surface area contributed by atoms with Crippen molar-refractivity contribution in [1.82, 2.24) is 5.32 Å². The van der Waals surface area contributed by atoms with Gasteiger partial charge in [0.25, 0.3) is 0 Å². The Morgan fingerprint density at radius 2 is 2.23 bits per heavy atom. The van der Waals surface area contributed by atoms with Crippen molar-refractivity contribution in [3.8, 4) is 0 Å². The lowest BCUT2D eigenvalue weighted by Gasteiger charge is -2.27. The summed E-state index contributed by atoms with van der Waals surface area (Å²) in [5.74, 6) is 1.78. The van der Waals surface area contributed by atoms with E-state index in [0.717, 1.165) is 42.4 Å². The minimum atomic E-state index is -0.129. The number of rotatable bonds is 3. The molecule has 2 aliphatic heterocycles. The maximum atomic E-state index is 12.1. The summed E-state index contributed by atoms with van der Waals surface area (Å²) in [7, 11) is 0. The van der Waals surface area contributed by atoms with E-state index in [4.69, 9.17) is 0 Å². The summed E-state index contributed by atoms with van der Waals surface area (Å²) in [4.78, 5) is 25.9. The van der Waals surface area contributed by atoms with Crippen LogP contribution in [0.5, 0.6) is 0 Å². The SMILES string of the molecule is Cl.O=C(Nc1cccc(N2CCCCC2=O)c1)C1CSCN1. The molecule has 0 radical (unpaired) electrons. The molecule has 0 aliphatic carbocycles. The highest BCUT2D eigenvalue weighted by molar-refractivity contribution is 7.99. The molecule has 0 bridgehead atoms.